The Morgan fingerprint density at radius 1 is 0.846 bits per heavy atom. The number of rotatable bonds is 4. The molecule has 2 aromatic carbocycles. The van der Waals surface area contributed by atoms with E-state index < -0.39 is 0 Å². The van der Waals surface area contributed by atoms with E-state index in [4.69, 9.17) is 5.73 Å². The molecule has 0 spiro atoms. The minimum absolute atomic E-state index is 0.0386. The minimum atomic E-state index is -0.0386. The van der Waals surface area contributed by atoms with Gasteiger partial charge in [0.05, 0.1) is 12.6 Å². The monoisotopic (exact) mass is 366 g/mol. The van der Waals surface area contributed by atoms with Crippen molar-refractivity contribution in [2.75, 3.05) is 38.5 Å². The number of hydrogen-bond acceptors (Lipinski definition) is 5. The molecule has 2 N–H and O–H groups in total. The maximum absolute atomic E-state index is 6.78. The average molecular weight is 367 g/mol. The lowest BCUT2D eigenvalue weighted by Gasteiger charge is -2.42. The summed E-state index contributed by atoms with van der Waals surface area (Å²) in [6.07, 6.45) is 0. The Hall–Kier alpha value is -1.82. The van der Waals surface area contributed by atoms with Crippen molar-refractivity contribution in [1.29, 1.82) is 0 Å². The van der Waals surface area contributed by atoms with Crippen LogP contribution in [0, 0.1) is 0 Å². The molecule has 1 saturated heterocycles. The number of nitrogens with zero attached hydrogens (tertiary/aromatic N) is 3. The van der Waals surface area contributed by atoms with Crippen molar-refractivity contribution >= 4 is 16.9 Å². The van der Waals surface area contributed by atoms with Gasteiger partial charge in [-0.2, -0.15) is 0 Å². The molecule has 2 heterocycles. The SMILES string of the molecule is NC(c1ccccc1)C(c1ccccc1)N1CCN(C2=NCCS2)CC1. The first-order chi connectivity index (χ1) is 12.8. The van der Waals surface area contributed by atoms with Crippen LogP contribution in [0.5, 0.6) is 0 Å². The summed E-state index contributed by atoms with van der Waals surface area (Å²) in [5.74, 6) is 1.13. The van der Waals surface area contributed by atoms with Crippen LogP contribution in [0.3, 0.4) is 0 Å². The Morgan fingerprint density at radius 3 is 2.04 bits per heavy atom. The van der Waals surface area contributed by atoms with Gasteiger partial charge in [-0.15, -0.1) is 0 Å². The standard InChI is InChI=1S/C21H26N4S/c22-19(17-7-3-1-4-8-17)20(18-9-5-2-6-10-18)24-12-14-25(15-13-24)21-23-11-16-26-21/h1-10,19-20H,11-16,22H2. The first kappa shape index (κ1) is 17.6. The second kappa shape index (κ2) is 8.25. The zero-order chi connectivity index (χ0) is 17.8. The highest BCUT2D eigenvalue weighted by molar-refractivity contribution is 8.14. The Bertz CT molecular complexity index is 726. The van der Waals surface area contributed by atoms with Crippen molar-refractivity contribution < 1.29 is 0 Å². The van der Waals surface area contributed by atoms with E-state index in [-0.39, 0.29) is 12.1 Å². The lowest BCUT2D eigenvalue weighted by molar-refractivity contribution is 0.116. The van der Waals surface area contributed by atoms with Gasteiger partial charge in [0.2, 0.25) is 0 Å². The molecule has 4 rings (SSSR count). The lowest BCUT2D eigenvalue weighted by Crippen LogP contribution is -2.50. The number of amidine groups is 1. The topological polar surface area (TPSA) is 44.9 Å². The van der Waals surface area contributed by atoms with Crippen LogP contribution < -0.4 is 5.73 Å². The number of hydrogen-bond donors (Lipinski definition) is 1. The van der Waals surface area contributed by atoms with Gasteiger partial charge < -0.3 is 10.6 Å². The molecule has 2 unspecified atom stereocenters. The molecule has 1 fully saturated rings. The second-order valence-corrected chi connectivity index (χ2v) is 7.89. The molecule has 2 aliphatic heterocycles. The van der Waals surface area contributed by atoms with Crippen molar-refractivity contribution in [2.24, 2.45) is 10.7 Å². The van der Waals surface area contributed by atoms with Gasteiger partial charge in [-0.25, -0.2) is 0 Å². The molecule has 2 aliphatic rings. The van der Waals surface area contributed by atoms with Crippen LogP contribution in [0.1, 0.15) is 23.2 Å². The molecule has 2 atom stereocenters. The zero-order valence-corrected chi connectivity index (χ0v) is 15.8. The summed E-state index contributed by atoms with van der Waals surface area (Å²) in [5.41, 5.74) is 9.27. The van der Waals surface area contributed by atoms with E-state index >= 15 is 0 Å². The largest absolute Gasteiger partial charge is 0.349 e. The first-order valence-electron chi connectivity index (χ1n) is 9.34. The van der Waals surface area contributed by atoms with Gasteiger partial charge >= 0.3 is 0 Å². The number of aliphatic imine (C=N–C) groups is 1. The molecule has 26 heavy (non-hydrogen) atoms. The predicted octanol–water partition coefficient (Wildman–Crippen LogP) is 3.15. The highest BCUT2D eigenvalue weighted by Crippen LogP contribution is 2.33. The highest BCUT2D eigenvalue weighted by atomic mass is 32.2. The predicted molar refractivity (Wildman–Crippen MR) is 110 cm³/mol. The maximum Gasteiger partial charge on any atom is 0.159 e. The molecule has 0 aromatic heterocycles. The Balaban J connectivity index is 1.54. The normalized spacial score (nSPS) is 20.7. The van der Waals surface area contributed by atoms with Crippen molar-refractivity contribution in [3.05, 3.63) is 71.8 Å². The summed E-state index contributed by atoms with van der Waals surface area (Å²) in [6, 6.07) is 21.3. The molecule has 0 bridgehead atoms. The summed E-state index contributed by atoms with van der Waals surface area (Å²) in [4.78, 5) is 9.61. The second-order valence-electron chi connectivity index (χ2n) is 6.83. The fourth-order valence-electron chi connectivity index (χ4n) is 3.86. The van der Waals surface area contributed by atoms with Crippen LogP contribution >= 0.6 is 11.8 Å². The molecule has 0 aliphatic carbocycles. The highest BCUT2D eigenvalue weighted by Gasteiger charge is 2.31. The van der Waals surface area contributed by atoms with Crippen molar-refractivity contribution in [3.8, 4) is 0 Å². The summed E-state index contributed by atoms with van der Waals surface area (Å²) in [5, 5.41) is 1.23. The Labute approximate surface area is 160 Å². The van der Waals surface area contributed by atoms with Gasteiger partial charge in [0, 0.05) is 38.0 Å². The van der Waals surface area contributed by atoms with Crippen LogP contribution in [0.2, 0.25) is 0 Å². The van der Waals surface area contributed by atoms with Gasteiger partial charge in [0.1, 0.15) is 0 Å². The third-order valence-electron chi connectivity index (χ3n) is 5.21. The molecule has 0 radical (unpaired) electrons. The van der Waals surface area contributed by atoms with Crippen molar-refractivity contribution in [3.63, 3.8) is 0 Å². The van der Waals surface area contributed by atoms with E-state index in [2.05, 4.69) is 69.4 Å². The molecule has 2 aromatic rings. The van der Waals surface area contributed by atoms with Crippen molar-refractivity contribution in [1.82, 2.24) is 9.80 Å². The number of piperazine rings is 1. The van der Waals surface area contributed by atoms with Gasteiger partial charge in [-0.05, 0) is 11.1 Å². The van der Waals surface area contributed by atoms with E-state index in [0.29, 0.717) is 0 Å². The quantitative estimate of drug-likeness (QED) is 0.903. The molecule has 0 amide bonds. The molecular formula is C21H26N4S. The van der Waals surface area contributed by atoms with Gasteiger partial charge in [0.15, 0.2) is 5.17 Å². The summed E-state index contributed by atoms with van der Waals surface area (Å²) in [6.45, 7) is 5.04. The fraction of sp³-hybridized carbons (Fsp3) is 0.381. The third-order valence-corrected chi connectivity index (χ3v) is 6.25. The Kier molecular flexibility index (Phi) is 5.58. The smallest absolute Gasteiger partial charge is 0.159 e. The van der Waals surface area contributed by atoms with E-state index in [1.807, 2.05) is 17.8 Å². The van der Waals surface area contributed by atoms with Crippen LogP contribution in [0.25, 0.3) is 0 Å². The van der Waals surface area contributed by atoms with Crippen LogP contribution in [0.4, 0.5) is 0 Å². The summed E-state index contributed by atoms with van der Waals surface area (Å²) >= 11 is 1.89. The van der Waals surface area contributed by atoms with Crippen LogP contribution in [-0.2, 0) is 0 Å². The minimum Gasteiger partial charge on any atom is -0.349 e. The zero-order valence-electron chi connectivity index (χ0n) is 15.0. The number of benzene rings is 2. The third kappa shape index (κ3) is 3.80. The molecular weight excluding hydrogens is 340 g/mol. The van der Waals surface area contributed by atoms with E-state index in [1.165, 1.54) is 16.3 Å². The van der Waals surface area contributed by atoms with E-state index in [1.54, 1.807) is 0 Å². The van der Waals surface area contributed by atoms with Crippen molar-refractivity contribution in [2.45, 2.75) is 12.1 Å². The fourth-order valence-corrected chi connectivity index (χ4v) is 4.77. The maximum atomic E-state index is 6.78. The Morgan fingerprint density at radius 2 is 1.46 bits per heavy atom. The van der Waals surface area contributed by atoms with Gasteiger partial charge in [-0.3, -0.25) is 9.89 Å². The molecule has 5 heteroatoms. The lowest BCUT2D eigenvalue weighted by atomic mass is 9.92. The molecule has 4 nitrogen and oxygen atoms in total. The van der Waals surface area contributed by atoms with E-state index in [0.717, 1.165) is 38.5 Å². The van der Waals surface area contributed by atoms with Gasteiger partial charge in [-0.1, -0.05) is 72.4 Å². The van der Waals surface area contributed by atoms with E-state index in [9.17, 15) is 0 Å². The van der Waals surface area contributed by atoms with Gasteiger partial charge in [0.25, 0.3) is 0 Å². The first-order valence-corrected chi connectivity index (χ1v) is 10.3. The summed E-state index contributed by atoms with van der Waals surface area (Å²) in [7, 11) is 0. The summed E-state index contributed by atoms with van der Waals surface area (Å²) < 4.78 is 0. The molecule has 136 valence electrons. The van der Waals surface area contributed by atoms with Crippen LogP contribution in [0.15, 0.2) is 65.7 Å². The molecule has 0 saturated carbocycles. The average Bonchev–Trinajstić information content (AvgIpc) is 3.25. The number of nitrogens with two attached hydrogens (primary N) is 1. The van der Waals surface area contributed by atoms with Crippen LogP contribution in [-0.4, -0.2) is 53.4 Å². The number of thioether (sulfide) groups is 1.